The van der Waals surface area contributed by atoms with Crippen LogP contribution in [0, 0.1) is 0 Å². The molecule has 1 unspecified atom stereocenters. The monoisotopic (exact) mass is 533 g/mol. The first-order valence-corrected chi connectivity index (χ1v) is 12.4. The van der Waals surface area contributed by atoms with Gasteiger partial charge in [0.05, 0.1) is 17.0 Å². The van der Waals surface area contributed by atoms with Gasteiger partial charge in [0.25, 0.3) is 5.91 Å². The van der Waals surface area contributed by atoms with Crippen LogP contribution < -0.4 is 16.0 Å². The third kappa shape index (κ3) is 5.81. The average Bonchev–Trinajstić information content (AvgIpc) is 3.16. The molecule has 0 radical (unpaired) electrons. The zero-order valence-electron chi connectivity index (χ0n) is 19.7. The van der Waals surface area contributed by atoms with Crippen molar-refractivity contribution < 1.29 is 14.7 Å². The van der Waals surface area contributed by atoms with E-state index in [1.54, 1.807) is 0 Å². The number of carbonyl (C=O) groups is 2. The van der Waals surface area contributed by atoms with Gasteiger partial charge < -0.3 is 21.1 Å². The highest BCUT2D eigenvalue weighted by Crippen LogP contribution is 2.39. The number of carboxylic acids is 1. The summed E-state index contributed by atoms with van der Waals surface area (Å²) in [6.07, 6.45) is 0.533. The number of carboxylic acid groups (broad SMARTS) is 1. The Hall–Kier alpha value is -3.42. The Kier molecular flexibility index (Phi) is 7.68. The molecule has 0 aliphatic carbocycles. The van der Waals surface area contributed by atoms with Gasteiger partial charge in [0.1, 0.15) is 0 Å². The SMILES string of the molecule is CCNC(C)c1ccc(NC(=C2C(=O)Nc3cc(Br)ccc32)c2ccc(CCC(=O)O)cc2)cc1. The van der Waals surface area contributed by atoms with Crippen molar-refractivity contribution in [2.75, 3.05) is 17.2 Å². The zero-order valence-corrected chi connectivity index (χ0v) is 21.3. The normalized spacial score (nSPS) is 14.8. The van der Waals surface area contributed by atoms with Gasteiger partial charge in [0.15, 0.2) is 0 Å². The summed E-state index contributed by atoms with van der Waals surface area (Å²) in [7, 11) is 0. The standard InChI is InChI=1S/C28H28BrN3O3/c1-3-30-17(2)19-9-12-22(13-10-19)31-27(20-7-4-18(5-8-20)6-15-25(33)34)26-23-14-11-21(29)16-24(23)32-28(26)35/h4-5,7-14,16-17,30-31H,3,6,15H2,1-2H3,(H,32,35)(H,33,34). The minimum Gasteiger partial charge on any atom is -0.481 e. The molecule has 0 aromatic heterocycles. The quantitative estimate of drug-likeness (QED) is 0.250. The summed E-state index contributed by atoms with van der Waals surface area (Å²) in [6.45, 7) is 5.11. The number of halogens is 1. The smallest absolute Gasteiger partial charge is 0.303 e. The number of fused-ring (bicyclic) bond motifs is 1. The molecule has 6 nitrogen and oxygen atoms in total. The van der Waals surface area contributed by atoms with E-state index in [0.29, 0.717) is 17.7 Å². The fraction of sp³-hybridized carbons (Fsp3) is 0.214. The molecule has 1 amide bonds. The lowest BCUT2D eigenvalue weighted by atomic mass is 9.98. The van der Waals surface area contributed by atoms with Gasteiger partial charge in [0.2, 0.25) is 0 Å². The summed E-state index contributed by atoms with van der Waals surface area (Å²) >= 11 is 3.47. The van der Waals surface area contributed by atoms with Crippen LogP contribution in [0.15, 0.2) is 71.2 Å². The molecule has 1 aliphatic rings. The topological polar surface area (TPSA) is 90.5 Å². The molecule has 4 rings (SSSR count). The van der Waals surface area contributed by atoms with Crippen LogP contribution in [-0.2, 0) is 16.0 Å². The van der Waals surface area contributed by atoms with Crippen LogP contribution in [0.5, 0.6) is 0 Å². The van der Waals surface area contributed by atoms with Crippen molar-refractivity contribution in [2.24, 2.45) is 0 Å². The van der Waals surface area contributed by atoms with Gasteiger partial charge in [-0.3, -0.25) is 9.59 Å². The van der Waals surface area contributed by atoms with E-state index < -0.39 is 5.97 Å². The van der Waals surface area contributed by atoms with Crippen molar-refractivity contribution >= 4 is 50.5 Å². The Morgan fingerprint density at radius 3 is 2.43 bits per heavy atom. The van der Waals surface area contributed by atoms with Gasteiger partial charge in [-0.1, -0.05) is 65.3 Å². The molecule has 1 atom stereocenters. The van der Waals surface area contributed by atoms with E-state index in [2.05, 4.69) is 57.9 Å². The first-order valence-electron chi connectivity index (χ1n) is 11.6. The second kappa shape index (κ2) is 10.9. The lowest BCUT2D eigenvalue weighted by molar-refractivity contribution is -0.137. The number of nitrogens with one attached hydrogen (secondary N) is 3. The summed E-state index contributed by atoms with van der Waals surface area (Å²) < 4.78 is 0.889. The minimum atomic E-state index is -0.823. The third-order valence-corrected chi connectivity index (χ3v) is 6.53. The maximum absolute atomic E-state index is 13.1. The van der Waals surface area contributed by atoms with Gasteiger partial charge in [-0.05, 0) is 60.8 Å². The molecule has 4 N–H and O–H groups in total. The number of hydrogen-bond acceptors (Lipinski definition) is 4. The third-order valence-electron chi connectivity index (χ3n) is 6.04. The second-order valence-electron chi connectivity index (χ2n) is 8.51. The molecule has 35 heavy (non-hydrogen) atoms. The Bertz CT molecular complexity index is 1270. The molecule has 1 aliphatic heterocycles. The molecular weight excluding hydrogens is 506 g/mol. The Balaban J connectivity index is 1.73. The van der Waals surface area contributed by atoms with Crippen molar-refractivity contribution in [2.45, 2.75) is 32.7 Å². The molecule has 7 heteroatoms. The second-order valence-corrected chi connectivity index (χ2v) is 9.43. The summed E-state index contributed by atoms with van der Waals surface area (Å²) in [4.78, 5) is 24.0. The minimum absolute atomic E-state index is 0.0772. The van der Waals surface area contributed by atoms with E-state index in [9.17, 15) is 9.59 Å². The van der Waals surface area contributed by atoms with Crippen molar-refractivity contribution in [3.63, 3.8) is 0 Å². The predicted octanol–water partition coefficient (Wildman–Crippen LogP) is 6.07. The molecule has 0 fully saturated rings. The molecular formula is C28H28BrN3O3. The van der Waals surface area contributed by atoms with Crippen molar-refractivity contribution in [3.8, 4) is 0 Å². The van der Waals surface area contributed by atoms with Crippen LogP contribution in [0.3, 0.4) is 0 Å². The lowest BCUT2D eigenvalue weighted by Crippen LogP contribution is -2.17. The van der Waals surface area contributed by atoms with E-state index in [1.807, 2.05) is 54.6 Å². The largest absolute Gasteiger partial charge is 0.481 e. The van der Waals surface area contributed by atoms with Crippen LogP contribution in [0.4, 0.5) is 11.4 Å². The average molecular weight is 534 g/mol. The number of carbonyl (C=O) groups excluding carboxylic acids is 1. The van der Waals surface area contributed by atoms with Crippen LogP contribution in [0.25, 0.3) is 11.3 Å². The fourth-order valence-electron chi connectivity index (χ4n) is 4.19. The van der Waals surface area contributed by atoms with Crippen LogP contribution >= 0.6 is 15.9 Å². The number of hydrogen-bond donors (Lipinski definition) is 4. The first-order chi connectivity index (χ1) is 16.9. The maximum Gasteiger partial charge on any atom is 0.303 e. The van der Waals surface area contributed by atoms with Gasteiger partial charge in [0, 0.05) is 28.2 Å². The maximum atomic E-state index is 13.1. The van der Waals surface area contributed by atoms with E-state index in [0.717, 1.165) is 39.1 Å². The number of amides is 1. The molecule has 3 aromatic carbocycles. The Morgan fingerprint density at radius 1 is 1.06 bits per heavy atom. The fourth-order valence-corrected chi connectivity index (χ4v) is 4.55. The summed E-state index contributed by atoms with van der Waals surface area (Å²) in [5, 5.41) is 18.8. The molecule has 3 aromatic rings. The molecule has 0 saturated heterocycles. The highest BCUT2D eigenvalue weighted by atomic mass is 79.9. The number of aliphatic carboxylic acids is 1. The predicted molar refractivity (Wildman–Crippen MR) is 144 cm³/mol. The number of rotatable bonds is 9. The van der Waals surface area contributed by atoms with Crippen molar-refractivity contribution in [3.05, 3.63) is 93.5 Å². The summed E-state index contributed by atoms with van der Waals surface area (Å²) in [6, 6.07) is 21.9. The number of benzene rings is 3. The highest BCUT2D eigenvalue weighted by Gasteiger charge is 2.28. The Labute approximate surface area is 213 Å². The lowest BCUT2D eigenvalue weighted by Gasteiger charge is -2.17. The summed E-state index contributed by atoms with van der Waals surface area (Å²) in [5.74, 6) is -0.996. The van der Waals surface area contributed by atoms with E-state index in [1.165, 1.54) is 5.56 Å². The van der Waals surface area contributed by atoms with Crippen LogP contribution in [-0.4, -0.2) is 23.5 Å². The molecule has 0 bridgehead atoms. The van der Waals surface area contributed by atoms with Crippen molar-refractivity contribution in [1.82, 2.24) is 5.32 Å². The van der Waals surface area contributed by atoms with Gasteiger partial charge >= 0.3 is 5.97 Å². The highest BCUT2D eigenvalue weighted by molar-refractivity contribution is 9.10. The Morgan fingerprint density at radius 2 is 1.77 bits per heavy atom. The molecule has 1 heterocycles. The van der Waals surface area contributed by atoms with Crippen LogP contribution in [0.1, 0.15) is 48.6 Å². The van der Waals surface area contributed by atoms with Gasteiger partial charge in [-0.2, -0.15) is 0 Å². The van der Waals surface area contributed by atoms with Gasteiger partial charge in [-0.15, -0.1) is 0 Å². The number of anilines is 2. The van der Waals surface area contributed by atoms with E-state index in [-0.39, 0.29) is 18.4 Å². The van der Waals surface area contributed by atoms with Crippen molar-refractivity contribution in [1.29, 1.82) is 0 Å². The van der Waals surface area contributed by atoms with Gasteiger partial charge in [-0.25, -0.2) is 0 Å². The molecule has 180 valence electrons. The first kappa shape index (κ1) is 24.7. The molecule has 0 saturated carbocycles. The van der Waals surface area contributed by atoms with E-state index >= 15 is 0 Å². The number of aryl methyl sites for hydroxylation is 1. The molecule has 0 spiro atoms. The van der Waals surface area contributed by atoms with Crippen LogP contribution in [0.2, 0.25) is 0 Å². The zero-order chi connectivity index (χ0) is 24.9. The summed E-state index contributed by atoms with van der Waals surface area (Å²) in [5.41, 5.74) is 6.67. The van der Waals surface area contributed by atoms with E-state index in [4.69, 9.17) is 5.11 Å².